The Morgan fingerprint density at radius 1 is 1.28 bits per heavy atom. The maximum atomic E-state index is 4.46. The Morgan fingerprint density at radius 2 is 2.11 bits per heavy atom. The predicted molar refractivity (Wildman–Crippen MR) is 72.4 cm³/mol. The number of fused-ring (bicyclic) bond motifs is 1. The van der Waals surface area contributed by atoms with Crippen LogP contribution in [0.1, 0.15) is 38.4 Å². The third-order valence-corrected chi connectivity index (χ3v) is 4.48. The van der Waals surface area contributed by atoms with Gasteiger partial charge in [-0.3, -0.25) is 4.90 Å². The second-order valence-corrected chi connectivity index (χ2v) is 5.57. The Labute approximate surface area is 109 Å². The molecule has 4 heteroatoms. The number of nitrogens with zero attached hydrogens (tertiary/aromatic N) is 3. The molecule has 2 aliphatic rings. The van der Waals surface area contributed by atoms with E-state index in [9.17, 15) is 0 Å². The monoisotopic (exact) mass is 248 g/mol. The Morgan fingerprint density at radius 3 is 2.89 bits per heavy atom. The molecule has 0 aromatic carbocycles. The molecule has 0 amide bonds. The summed E-state index contributed by atoms with van der Waals surface area (Å²) in [5.41, 5.74) is 0. The zero-order chi connectivity index (χ0) is 12.4. The second kappa shape index (κ2) is 5.41. The van der Waals surface area contributed by atoms with E-state index in [0.29, 0.717) is 0 Å². The first-order valence-corrected chi connectivity index (χ1v) is 7.34. The van der Waals surface area contributed by atoms with Gasteiger partial charge in [0, 0.05) is 37.6 Å². The Kier molecular flexibility index (Phi) is 3.66. The first-order chi connectivity index (χ1) is 8.86. The highest BCUT2D eigenvalue weighted by Gasteiger charge is 2.28. The van der Waals surface area contributed by atoms with Crippen molar-refractivity contribution in [1.29, 1.82) is 0 Å². The molecule has 3 rings (SSSR count). The van der Waals surface area contributed by atoms with Gasteiger partial charge in [0.25, 0.3) is 0 Å². The largest absolute Gasteiger partial charge is 0.333 e. The fraction of sp³-hybridized carbons (Fsp3) is 0.786. The molecular weight excluding hydrogens is 224 g/mol. The number of rotatable bonds is 3. The van der Waals surface area contributed by atoms with E-state index in [2.05, 4.69) is 32.9 Å². The van der Waals surface area contributed by atoms with Crippen LogP contribution in [0.5, 0.6) is 0 Å². The van der Waals surface area contributed by atoms with Gasteiger partial charge in [-0.05, 0) is 32.2 Å². The average molecular weight is 248 g/mol. The summed E-state index contributed by atoms with van der Waals surface area (Å²) >= 11 is 0. The summed E-state index contributed by atoms with van der Waals surface area (Å²) in [7, 11) is 0. The molecule has 0 saturated heterocycles. The molecule has 1 aromatic heterocycles. The Bertz CT molecular complexity index is 379. The number of hydrogen-bond donors (Lipinski definition) is 1. The minimum Gasteiger partial charge on any atom is -0.333 e. The third kappa shape index (κ3) is 2.45. The van der Waals surface area contributed by atoms with Crippen LogP contribution in [-0.2, 0) is 13.1 Å². The summed E-state index contributed by atoms with van der Waals surface area (Å²) in [6, 6.07) is 1.54. The second-order valence-electron chi connectivity index (χ2n) is 5.57. The molecule has 1 aromatic rings. The van der Waals surface area contributed by atoms with Gasteiger partial charge in [0.2, 0.25) is 0 Å². The molecule has 0 unspecified atom stereocenters. The molecule has 100 valence electrons. The number of aromatic nitrogens is 2. The lowest BCUT2D eigenvalue weighted by Gasteiger charge is -2.39. The van der Waals surface area contributed by atoms with Crippen molar-refractivity contribution in [2.24, 2.45) is 0 Å². The van der Waals surface area contributed by atoms with Crippen molar-refractivity contribution >= 4 is 0 Å². The number of nitrogens with one attached hydrogen (secondary N) is 1. The molecule has 0 spiro atoms. The fourth-order valence-electron chi connectivity index (χ4n) is 3.44. The van der Waals surface area contributed by atoms with Crippen molar-refractivity contribution in [2.75, 3.05) is 13.1 Å². The minimum atomic E-state index is 0.762. The van der Waals surface area contributed by atoms with Crippen LogP contribution in [-0.4, -0.2) is 39.6 Å². The predicted octanol–water partition coefficient (Wildman–Crippen LogP) is 1.62. The van der Waals surface area contributed by atoms with Gasteiger partial charge < -0.3 is 9.88 Å². The van der Waals surface area contributed by atoms with Crippen molar-refractivity contribution in [1.82, 2.24) is 19.8 Å². The molecule has 0 radical (unpaired) electrons. The van der Waals surface area contributed by atoms with E-state index >= 15 is 0 Å². The van der Waals surface area contributed by atoms with Gasteiger partial charge in [-0.1, -0.05) is 6.92 Å². The van der Waals surface area contributed by atoms with E-state index in [1.807, 2.05) is 6.20 Å². The van der Waals surface area contributed by atoms with Crippen LogP contribution in [0.25, 0.3) is 0 Å². The minimum absolute atomic E-state index is 0.762. The van der Waals surface area contributed by atoms with Gasteiger partial charge in [-0.2, -0.15) is 0 Å². The topological polar surface area (TPSA) is 33.1 Å². The standard InChI is InChI=1S/C14H24N4/c1-2-15-12-3-5-13(6-4-12)18-10-9-17-8-7-16-14(17)11-18/h7-8,12-13,15H,2-6,9-11H2,1H3. The van der Waals surface area contributed by atoms with Crippen molar-refractivity contribution in [3.63, 3.8) is 0 Å². The molecule has 4 nitrogen and oxygen atoms in total. The number of imidazole rings is 1. The van der Waals surface area contributed by atoms with Crippen LogP contribution in [0.3, 0.4) is 0 Å². The zero-order valence-electron chi connectivity index (χ0n) is 11.3. The van der Waals surface area contributed by atoms with Crippen LogP contribution in [0.4, 0.5) is 0 Å². The van der Waals surface area contributed by atoms with Crippen LogP contribution < -0.4 is 5.32 Å². The quantitative estimate of drug-likeness (QED) is 0.882. The van der Waals surface area contributed by atoms with Crippen molar-refractivity contribution < 1.29 is 0 Å². The lowest BCUT2D eigenvalue weighted by atomic mass is 9.90. The molecule has 0 atom stereocenters. The first-order valence-electron chi connectivity index (χ1n) is 7.34. The third-order valence-electron chi connectivity index (χ3n) is 4.48. The Balaban J connectivity index is 1.55. The average Bonchev–Trinajstić information content (AvgIpc) is 2.87. The summed E-state index contributed by atoms with van der Waals surface area (Å²) in [5.74, 6) is 1.25. The summed E-state index contributed by atoms with van der Waals surface area (Å²) in [6.45, 7) is 6.67. The van der Waals surface area contributed by atoms with E-state index in [1.165, 1.54) is 38.1 Å². The SMILES string of the molecule is CCNC1CCC(N2CCn3ccnc3C2)CC1. The van der Waals surface area contributed by atoms with Gasteiger partial charge in [0.15, 0.2) is 0 Å². The van der Waals surface area contributed by atoms with E-state index in [0.717, 1.165) is 31.7 Å². The van der Waals surface area contributed by atoms with Crippen molar-refractivity contribution in [3.05, 3.63) is 18.2 Å². The lowest BCUT2D eigenvalue weighted by molar-refractivity contribution is 0.112. The molecule has 2 heterocycles. The maximum Gasteiger partial charge on any atom is 0.122 e. The van der Waals surface area contributed by atoms with E-state index in [1.54, 1.807) is 0 Å². The highest BCUT2D eigenvalue weighted by molar-refractivity contribution is 4.97. The molecule has 1 N–H and O–H groups in total. The van der Waals surface area contributed by atoms with Gasteiger partial charge >= 0.3 is 0 Å². The smallest absolute Gasteiger partial charge is 0.122 e. The van der Waals surface area contributed by atoms with Crippen LogP contribution in [0, 0.1) is 0 Å². The summed E-state index contributed by atoms with van der Waals surface area (Å²) in [6.07, 6.45) is 9.40. The van der Waals surface area contributed by atoms with Gasteiger partial charge in [-0.25, -0.2) is 4.98 Å². The fourth-order valence-corrected chi connectivity index (χ4v) is 3.44. The highest BCUT2D eigenvalue weighted by atomic mass is 15.3. The first kappa shape index (κ1) is 12.2. The normalized spacial score (nSPS) is 29.2. The Hall–Kier alpha value is -0.870. The molecule has 0 bridgehead atoms. The van der Waals surface area contributed by atoms with Crippen molar-refractivity contribution in [2.45, 2.75) is 57.8 Å². The van der Waals surface area contributed by atoms with E-state index < -0.39 is 0 Å². The lowest BCUT2D eigenvalue weighted by Crippen LogP contribution is -2.45. The molecule has 1 saturated carbocycles. The van der Waals surface area contributed by atoms with Crippen LogP contribution in [0.15, 0.2) is 12.4 Å². The van der Waals surface area contributed by atoms with E-state index in [-0.39, 0.29) is 0 Å². The number of hydrogen-bond acceptors (Lipinski definition) is 3. The maximum absolute atomic E-state index is 4.46. The molecular formula is C14H24N4. The summed E-state index contributed by atoms with van der Waals surface area (Å²) in [4.78, 5) is 7.10. The van der Waals surface area contributed by atoms with Crippen molar-refractivity contribution in [3.8, 4) is 0 Å². The molecule has 1 fully saturated rings. The molecule has 18 heavy (non-hydrogen) atoms. The van der Waals surface area contributed by atoms with E-state index in [4.69, 9.17) is 0 Å². The summed E-state index contributed by atoms with van der Waals surface area (Å²) in [5, 5.41) is 3.58. The van der Waals surface area contributed by atoms with Crippen LogP contribution in [0.2, 0.25) is 0 Å². The van der Waals surface area contributed by atoms with Crippen LogP contribution >= 0.6 is 0 Å². The molecule has 1 aliphatic heterocycles. The van der Waals surface area contributed by atoms with Gasteiger partial charge in [-0.15, -0.1) is 0 Å². The summed E-state index contributed by atoms with van der Waals surface area (Å²) < 4.78 is 2.29. The molecule has 1 aliphatic carbocycles. The van der Waals surface area contributed by atoms with Gasteiger partial charge in [0.1, 0.15) is 5.82 Å². The highest BCUT2D eigenvalue weighted by Crippen LogP contribution is 2.25. The van der Waals surface area contributed by atoms with Gasteiger partial charge in [0.05, 0.1) is 6.54 Å². The zero-order valence-corrected chi connectivity index (χ0v) is 11.3.